The van der Waals surface area contributed by atoms with Gasteiger partial charge in [-0.15, -0.1) is 0 Å². The summed E-state index contributed by atoms with van der Waals surface area (Å²) in [7, 11) is 1.55. The van der Waals surface area contributed by atoms with Crippen molar-refractivity contribution in [1.82, 2.24) is 5.32 Å². The molecular weight excluding hydrogens is 756 g/mol. The lowest BCUT2D eigenvalue weighted by Crippen LogP contribution is -2.45. The number of aliphatic hydroxyl groups excluding tert-OH is 1. The quantitative estimate of drug-likeness (QED) is 0.0244. The molecule has 0 saturated carbocycles. The van der Waals surface area contributed by atoms with E-state index in [0.717, 1.165) is 38.5 Å². The summed E-state index contributed by atoms with van der Waals surface area (Å²) in [4.78, 5) is 23.2. The summed E-state index contributed by atoms with van der Waals surface area (Å²) in [6, 6.07) is -0.864. The molecule has 0 rings (SSSR count). The van der Waals surface area contributed by atoms with Crippen LogP contribution < -0.4 is 5.32 Å². The topological polar surface area (TPSA) is 105 Å². The molecule has 0 bridgehead atoms. The predicted molar refractivity (Wildman–Crippen MR) is 254 cm³/mol. The minimum Gasteiger partial charge on any atom is -0.387 e. The Hall–Kier alpha value is -1.28. The molecule has 3 N–H and O–H groups in total. The average Bonchev–Trinajstić information content (AvgIpc) is 3.19. The molecule has 0 radical (unpaired) electrons. The summed E-state index contributed by atoms with van der Waals surface area (Å²) in [5.41, 5.74) is 0. The number of rotatable bonds is 45. The number of aliphatic hydroxyl groups is 1. The van der Waals surface area contributed by atoms with Crippen LogP contribution in [0.15, 0.2) is 36.5 Å². The molecule has 3 atom stereocenters. The first-order valence-electron chi connectivity index (χ1n) is 24.9. The van der Waals surface area contributed by atoms with Gasteiger partial charge in [0.05, 0.1) is 39.9 Å². The molecule has 0 fully saturated rings. The number of nitrogens with zero attached hydrogens (tertiary/aromatic N) is 1. The summed E-state index contributed by atoms with van der Waals surface area (Å²) >= 11 is 0. The second kappa shape index (κ2) is 42.0. The second-order valence-electron chi connectivity index (χ2n) is 18.2. The van der Waals surface area contributed by atoms with Crippen molar-refractivity contribution in [2.24, 2.45) is 0 Å². The smallest absolute Gasteiger partial charge is 0.387 e. The van der Waals surface area contributed by atoms with Gasteiger partial charge in [-0.25, -0.2) is 4.57 Å². The van der Waals surface area contributed by atoms with E-state index >= 15 is 0 Å². The van der Waals surface area contributed by atoms with Crippen LogP contribution in [-0.2, 0) is 18.4 Å². The molecule has 9 heteroatoms. The molecule has 0 saturated heterocycles. The zero-order chi connectivity index (χ0) is 43.6. The van der Waals surface area contributed by atoms with Crippen molar-refractivity contribution in [3.05, 3.63) is 36.5 Å². The minimum absolute atomic E-state index is 0.0556. The highest BCUT2D eigenvalue weighted by Crippen LogP contribution is 2.43. The Morgan fingerprint density at radius 2 is 0.932 bits per heavy atom. The lowest BCUT2D eigenvalue weighted by atomic mass is 10.0. The zero-order valence-corrected chi connectivity index (χ0v) is 40.4. The molecule has 8 nitrogen and oxygen atoms in total. The molecule has 0 aliphatic carbocycles. The Morgan fingerprint density at radius 3 is 1.37 bits per heavy atom. The highest BCUT2D eigenvalue weighted by molar-refractivity contribution is 7.47. The molecule has 0 aromatic carbocycles. The van der Waals surface area contributed by atoms with E-state index in [1.807, 2.05) is 27.2 Å². The molecule has 0 aliphatic rings. The van der Waals surface area contributed by atoms with Gasteiger partial charge in [0, 0.05) is 6.42 Å². The third-order valence-electron chi connectivity index (χ3n) is 11.1. The van der Waals surface area contributed by atoms with Crippen LogP contribution in [0.5, 0.6) is 0 Å². The van der Waals surface area contributed by atoms with E-state index < -0.39 is 20.0 Å². The molecule has 0 aliphatic heterocycles. The lowest BCUT2D eigenvalue weighted by Gasteiger charge is -2.25. The van der Waals surface area contributed by atoms with E-state index in [9.17, 15) is 19.4 Å². The summed E-state index contributed by atoms with van der Waals surface area (Å²) < 4.78 is 23.6. The molecule has 348 valence electrons. The molecule has 59 heavy (non-hydrogen) atoms. The maximum atomic E-state index is 12.9. The number of quaternary nitrogens is 1. The number of unbranched alkanes of at least 4 members (excludes halogenated alkanes) is 28. The van der Waals surface area contributed by atoms with E-state index in [-0.39, 0.29) is 19.1 Å². The Kier molecular flexibility index (Phi) is 41.1. The number of amides is 1. The average molecular weight is 854 g/mol. The number of hydrogen-bond acceptors (Lipinski definition) is 5. The molecule has 0 aromatic heterocycles. The standard InChI is InChI=1S/C50H97N2O6P/c1-6-8-10-12-14-16-18-20-22-23-24-25-26-27-28-30-31-33-35-37-39-41-43-49(53)48(47-58-59(55,56)57-46-45-52(3,4)5)51-50(54)44-42-40-38-36-34-32-29-21-19-17-15-13-11-9-7-2/h17,19,33,35,41,43,48-49,53H,6-16,18,20-32,34,36-40,42,44-47H2,1-5H3,(H-,51,54,55,56)/p+1/b19-17-,35-33+,43-41+. The largest absolute Gasteiger partial charge is 0.472 e. The van der Waals surface area contributed by atoms with Crippen LogP contribution in [0, 0.1) is 0 Å². The third-order valence-corrected chi connectivity index (χ3v) is 12.1. The molecule has 1 amide bonds. The van der Waals surface area contributed by atoms with Gasteiger partial charge < -0.3 is 19.8 Å². The van der Waals surface area contributed by atoms with E-state index in [1.165, 1.54) is 167 Å². The van der Waals surface area contributed by atoms with Crippen molar-refractivity contribution in [3.63, 3.8) is 0 Å². The van der Waals surface area contributed by atoms with Gasteiger partial charge in [0.15, 0.2) is 0 Å². The maximum Gasteiger partial charge on any atom is 0.472 e. The first-order chi connectivity index (χ1) is 28.5. The van der Waals surface area contributed by atoms with E-state index in [2.05, 4.69) is 43.5 Å². The molecule has 3 unspecified atom stereocenters. The number of nitrogens with one attached hydrogen (secondary N) is 1. The Bertz CT molecular complexity index is 1060. The van der Waals surface area contributed by atoms with Crippen LogP contribution >= 0.6 is 7.82 Å². The Morgan fingerprint density at radius 1 is 0.559 bits per heavy atom. The third kappa shape index (κ3) is 44.6. The van der Waals surface area contributed by atoms with E-state index in [4.69, 9.17) is 9.05 Å². The second-order valence-corrected chi connectivity index (χ2v) is 19.6. The molecule has 0 heterocycles. The Labute approximate surface area is 366 Å². The number of carbonyl (C=O) groups excluding carboxylic acids is 1. The summed E-state index contributed by atoms with van der Waals surface area (Å²) in [5, 5.41) is 13.8. The van der Waals surface area contributed by atoms with Crippen LogP contribution in [-0.4, -0.2) is 73.4 Å². The molecular formula is C50H98N2O6P+. The van der Waals surface area contributed by atoms with Gasteiger partial charge in [0.1, 0.15) is 13.2 Å². The van der Waals surface area contributed by atoms with Gasteiger partial charge >= 0.3 is 7.82 Å². The lowest BCUT2D eigenvalue weighted by molar-refractivity contribution is -0.870. The van der Waals surface area contributed by atoms with Crippen molar-refractivity contribution in [3.8, 4) is 0 Å². The molecule has 0 spiro atoms. The van der Waals surface area contributed by atoms with Gasteiger partial charge in [-0.3, -0.25) is 13.8 Å². The zero-order valence-electron chi connectivity index (χ0n) is 39.5. The predicted octanol–water partition coefficient (Wildman–Crippen LogP) is 14.3. The summed E-state index contributed by atoms with van der Waals surface area (Å²) in [6.07, 6.45) is 52.3. The van der Waals surface area contributed by atoms with Crippen LogP contribution in [0.1, 0.15) is 226 Å². The van der Waals surface area contributed by atoms with Gasteiger partial charge in [0.2, 0.25) is 5.91 Å². The Balaban J connectivity index is 4.37. The van der Waals surface area contributed by atoms with Gasteiger partial charge in [0.25, 0.3) is 0 Å². The van der Waals surface area contributed by atoms with Gasteiger partial charge in [-0.1, -0.05) is 198 Å². The molecule has 0 aromatic rings. The number of phosphoric acid groups is 1. The number of phosphoric ester groups is 1. The maximum absolute atomic E-state index is 12.9. The van der Waals surface area contributed by atoms with Gasteiger partial charge in [-0.2, -0.15) is 0 Å². The van der Waals surface area contributed by atoms with E-state index in [0.29, 0.717) is 17.4 Å². The SMILES string of the molecule is CCCCCC/C=C\CCCCCCCCCC(=O)NC(COP(=O)(O)OCC[N+](C)(C)C)C(O)/C=C/CC/C=C/CCCCCCCCCCCCCCCCCC. The highest BCUT2D eigenvalue weighted by atomic mass is 31.2. The number of carbonyl (C=O) groups is 1. The van der Waals surface area contributed by atoms with Crippen LogP contribution in [0.4, 0.5) is 0 Å². The van der Waals surface area contributed by atoms with Crippen LogP contribution in [0.2, 0.25) is 0 Å². The first-order valence-corrected chi connectivity index (χ1v) is 26.4. The highest BCUT2D eigenvalue weighted by Gasteiger charge is 2.27. The van der Waals surface area contributed by atoms with E-state index in [1.54, 1.807) is 6.08 Å². The fourth-order valence-electron chi connectivity index (χ4n) is 7.11. The number of hydrogen-bond donors (Lipinski definition) is 3. The number of likely N-dealkylation sites (N-methyl/N-ethyl adjacent to an activating group) is 1. The summed E-state index contributed by atoms with van der Waals surface area (Å²) in [5.74, 6) is -0.191. The fraction of sp³-hybridized carbons (Fsp3) is 0.860. The first kappa shape index (κ1) is 57.7. The monoisotopic (exact) mass is 854 g/mol. The van der Waals surface area contributed by atoms with Crippen molar-refractivity contribution in [2.75, 3.05) is 40.9 Å². The van der Waals surface area contributed by atoms with Crippen molar-refractivity contribution in [2.45, 2.75) is 238 Å². The fourth-order valence-corrected chi connectivity index (χ4v) is 7.85. The van der Waals surface area contributed by atoms with Crippen molar-refractivity contribution in [1.29, 1.82) is 0 Å². The van der Waals surface area contributed by atoms with Crippen molar-refractivity contribution < 1.29 is 32.9 Å². The minimum atomic E-state index is -4.35. The number of allylic oxidation sites excluding steroid dienone is 5. The van der Waals surface area contributed by atoms with Crippen LogP contribution in [0.25, 0.3) is 0 Å². The van der Waals surface area contributed by atoms with Gasteiger partial charge in [-0.05, 0) is 57.8 Å². The van der Waals surface area contributed by atoms with Crippen molar-refractivity contribution >= 4 is 13.7 Å². The van der Waals surface area contributed by atoms with Crippen LogP contribution in [0.3, 0.4) is 0 Å². The summed E-state index contributed by atoms with van der Waals surface area (Å²) in [6.45, 7) is 4.79. The normalized spacial score (nSPS) is 14.5.